The molecule has 1 aromatic carbocycles. The van der Waals surface area contributed by atoms with Crippen molar-refractivity contribution in [2.75, 3.05) is 13.6 Å². The second-order valence-corrected chi connectivity index (χ2v) is 6.94. The van der Waals surface area contributed by atoms with Crippen LogP contribution in [0.25, 0.3) is 0 Å². The van der Waals surface area contributed by atoms with Crippen molar-refractivity contribution >= 4 is 0 Å². The zero-order chi connectivity index (χ0) is 17.0. The highest BCUT2D eigenvalue weighted by Crippen LogP contribution is 2.18. The molecule has 1 atom stereocenters. The van der Waals surface area contributed by atoms with E-state index in [2.05, 4.69) is 5.10 Å². The Morgan fingerprint density at radius 2 is 1.96 bits per heavy atom. The maximum atomic E-state index is 11.8. The van der Waals surface area contributed by atoms with Crippen molar-refractivity contribution in [3.8, 4) is 0 Å². The van der Waals surface area contributed by atoms with Crippen molar-refractivity contribution in [1.82, 2.24) is 14.7 Å². The molecule has 0 aliphatic heterocycles. The summed E-state index contributed by atoms with van der Waals surface area (Å²) in [6.45, 7) is 7.07. The summed E-state index contributed by atoms with van der Waals surface area (Å²) in [5.74, 6) is -0.146. The van der Waals surface area contributed by atoms with Crippen LogP contribution >= 0.6 is 0 Å². The molecule has 6 nitrogen and oxygen atoms in total. The van der Waals surface area contributed by atoms with Crippen LogP contribution in [0, 0.1) is 0 Å². The van der Waals surface area contributed by atoms with Gasteiger partial charge in [-0.2, -0.15) is 4.68 Å². The molecule has 6 heteroatoms. The average molecular weight is 319 g/mol. The highest BCUT2D eigenvalue weighted by atomic mass is 16.4. The molecule has 0 amide bonds. The van der Waals surface area contributed by atoms with E-state index >= 15 is 0 Å². The van der Waals surface area contributed by atoms with Gasteiger partial charge in [-0.1, -0.05) is 51.1 Å². The van der Waals surface area contributed by atoms with E-state index in [0.717, 1.165) is 6.54 Å². The summed E-state index contributed by atoms with van der Waals surface area (Å²) in [5.41, 5.74) is 0.843. The number of rotatable bonds is 6. The Bertz CT molecular complexity index is 670. The number of nitrogens with zero attached hydrogens (tertiary/aromatic N) is 3. The molecule has 0 bridgehead atoms. The van der Waals surface area contributed by atoms with Crippen LogP contribution in [0.1, 0.15) is 32.2 Å². The van der Waals surface area contributed by atoms with Gasteiger partial charge in [0.15, 0.2) is 0 Å². The fraction of sp³-hybridized carbons (Fsp3) is 0.529. The zero-order valence-electron chi connectivity index (χ0n) is 14.2. The second-order valence-electron chi connectivity index (χ2n) is 6.94. The van der Waals surface area contributed by atoms with Crippen molar-refractivity contribution in [3.63, 3.8) is 0 Å². The molecule has 0 radical (unpaired) electrons. The molecule has 1 aromatic heterocycles. The Hall–Kier alpha value is -1.92. The number of aliphatic hydroxyl groups excluding tert-OH is 1. The number of benzene rings is 1. The Kier molecular flexibility index (Phi) is 5.38. The molecule has 0 saturated carbocycles. The fourth-order valence-corrected chi connectivity index (χ4v) is 2.30. The third kappa shape index (κ3) is 5.04. The molecule has 0 aliphatic carbocycles. The van der Waals surface area contributed by atoms with Gasteiger partial charge in [-0.3, -0.25) is 4.90 Å². The highest BCUT2D eigenvalue weighted by molar-refractivity contribution is 5.14. The molecule has 1 unspecified atom stereocenters. The van der Waals surface area contributed by atoms with E-state index in [0.29, 0.717) is 12.4 Å². The first-order chi connectivity index (χ1) is 10.8. The van der Waals surface area contributed by atoms with Crippen molar-refractivity contribution in [2.24, 2.45) is 0 Å². The SMILES string of the molecule is CN(Cc1ccccc1)CC(O)Cn1nc(C(C)(C)C)oc1=O. The lowest BCUT2D eigenvalue weighted by atomic mass is 9.97. The van der Waals surface area contributed by atoms with Gasteiger partial charge in [0.2, 0.25) is 5.89 Å². The van der Waals surface area contributed by atoms with Gasteiger partial charge < -0.3 is 9.52 Å². The van der Waals surface area contributed by atoms with Crippen LogP contribution in [0.15, 0.2) is 39.5 Å². The quantitative estimate of drug-likeness (QED) is 0.876. The highest BCUT2D eigenvalue weighted by Gasteiger charge is 2.23. The molecular weight excluding hydrogens is 294 g/mol. The van der Waals surface area contributed by atoms with Crippen molar-refractivity contribution in [3.05, 3.63) is 52.3 Å². The maximum Gasteiger partial charge on any atom is 0.437 e. The van der Waals surface area contributed by atoms with Crippen LogP contribution in [0.5, 0.6) is 0 Å². The molecule has 0 saturated heterocycles. The van der Waals surface area contributed by atoms with Crippen molar-refractivity contribution in [1.29, 1.82) is 0 Å². The Labute approximate surface area is 136 Å². The van der Waals surface area contributed by atoms with E-state index in [4.69, 9.17) is 4.42 Å². The third-order valence-electron chi connectivity index (χ3n) is 3.45. The Morgan fingerprint density at radius 3 is 2.52 bits per heavy atom. The number of likely N-dealkylation sites (N-methyl/N-ethyl adjacent to an activating group) is 1. The molecule has 0 aliphatic rings. The first kappa shape index (κ1) is 17.4. The molecular formula is C17H25N3O3. The van der Waals surface area contributed by atoms with Gasteiger partial charge in [0.25, 0.3) is 0 Å². The van der Waals surface area contributed by atoms with Crippen molar-refractivity contribution in [2.45, 2.75) is 45.4 Å². The van der Waals surface area contributed by atoms with E-state index in [1.807, 2.05) is 63.1 Å². The largest absolute Gasteiger partial charge is 0.437 e. The minimum absolute atomic E-state index is 0.123. The van der Waals surface area contributed by atoms with E-state index in [1.165, 1.54) is 10.2 Å². The number of aliphatic hydroxyl groups is 1. The lowest BCUT2D eigenvalue weighted by Gasteiger charge is -2.20. The summed E-state index contributed by atoms with van der Waals surface area (Å²) in [5, 5.41) is 14.4. The standard InChI is InChI=1S/C17H25N3O3/c1-17(2,3)15-18-20(16(22)23-15)12-14(21)11-19(4)10-13-8-6-5-7-9-13/h5-9,14,21H,10-12H2,1-4H3. The second kappa shape index (κ2) is 7.10. The monoisotopic (exact) mass is 319 g/mol. The van der Waals surface area contributed by atoms with E-state index in [9.17, 15) is 9.90 Å². The number of hydrogen-bond acceptors (Lipinski definition) is 5. The van der Waals surface area contributed by atoms with Crippen LogP contribution < -0.4 is 5.76 Å². The normalized spacial score (nSPS) is 13.5. The molecule has 126 valence electrons. The predicted molar refractivity (Wildman–Crippen MR) is 88.2 cm³/mol. The van der Waals surface area contributed by atoms with Crippen LogP contribution in [-0.4, -0.2) is 39.5 Å². The Morgan fingerprint density at radius 1 is 1.30 bits per heavy atom. The molecule has 1 N–H and O–H groups in total. The third-order valence-corrected chi connectivity index (χ3v) is 3.45. The lowest BCUT2D eigenvalue weighted by Crippen LogP contribution is -2.34. The van der Waals surface area contributed by atoms with E-state index < -0.39 is 11.9 Å². The van der Waals surface area contributed by atoms with Gasteiger partial charge in [-0.25, -0.2) is 4.79 Å². The zero-order valence-corrected chi connectivity index (χ0v) is 14.2. The summed E-state index contributed by atoms with van der Waals surface area (Å²) >= 11 is 0. The summed E-state index contributed by atoms with van der Waals surface area (Å²) < 4.78 is 6.35. The van der Waals surface area contributed by atoms with Gasteiger partial charge in [0.05, 0.1) is 12.6 Å². The first-order valence-corrected chi connectivity index (χ1v) is 7.74. The lowest BCUT2D eigenvalue weighted by molar-refractivity contribution is 0.102. The van der Waals surface area contributed by atoms with Gasteiger partial charge >= 0.3 is 5.76 Å². The number of aromatic nitrogens is 2. The van der Waals surface area contributed by atoms with Crippen molar-refractivity contribution < 1.29 is 9.52 Å². The maximum absolute atomic E-state index is 11.8. The molecule has 0 fully saturated rings. The van der Waals surface area contributed by atoms with Gasteiger partial charge in [0.1, 0.15) is 0 Å². The number of hydrogen-bond donors (Lipinski definition) is 1. The van der Waals surface area contributed by atoms with Crippen LogP contribution in [0.4, 0.5) is 0 Å². The minimum Gasteiger partial charge on any atom is -0.392 e. The van der Waals surface area contributed by atoms with Gasteiger partial charge in [-0.15, -0.1) is 5.10 Å². The first-order valence-electron chi connectivity index (χ1n) is 7.74. The average Bonchev–Trinajstić information content (AvgIpc) is 2.81. The van der Waals surface area contributed by atoms with E-state index in [1.54, 1.807) is 0 Å². The van der Waals surface area contributed by atoms with Crippen LogP contribution in [0.3, 0.4) is 0 Å². The Balaban J connectivity index is 1.93. The summed E-state index contributed by atoms with van der Waals surface area (Å²) in [7, 11) is 1.93. The van der Waals surface area contributed by atoms with Gasteiger partial charge in [0, 0.05) is 18.5 Å². The molecule has 0 spiro atoms. The summed E-state index contributed by atoms with van der Waals surface area (Å²) in [6.07, 6.45) is -0.695. The van der Waals surface area contributed by atoms with Crippen LogP contribution in [-0.2, 0) is 18.5 Å². The summed E-state index contributed by atoms with van der Waals surface area (Å²) in [4.78, 5) is 13.8. The smallest absolute Gasteiger partial charge is 0.392 e. The minimum atomic E-state index is -0.695. The fourth-order valence-electron chi connectivity index (χ4n) is 2.30. The summed E-state index contributed by atoms with van der Waals surface area (Å²) in [6, 6.07) is 10.0. The molecule has 23 heavy (non-hydrogen) atoms. The molecule has 2 aromatic rings. The molecule has 2 rings (SSSR count). The van der Waals surface area contributed by atoms with Crippen LogP contribution in [0.2, 0.25) is 0 Å². The van der Waals surface area contributed by atoms with Gasteiger partial charge in [-0.05, 0) is 12.6 Å². The predicted octanol–water partition coefficient (Wildman–Crippen LogP) is 1.63. The molecule has 1 heterocycles. The topological polar surface area (TPSA) is 71.5 Å². The van der Waals surface area contributed by atoms with E-state index in [-0.39, 0.29) is 12.0 Å².